The summed E-state index contributed by atoms with van der Waals surface area (Å²) in [5.41, 5.74) is 7.12. The van der Waals surface area contributed by atoms with Crippen molar-refractivity contribution in [3.63, 3.8) is 0 Å². The number of rotatable bonds is 5. The van der Waals surface area contributed by atoms with Crippen molar-refractivity contribution in [3.05, 3.63) is 59.7 Å². The van der Waals surface area contributed by atoms with E-state index in [0.29, 0.717) is 5.75 Å². The zero-order chi connectivity index (χ0) is 15.4. The van der Waals surface area contributed by atoms with Gasteiger partial charge in [-0.1, -0.05) is 12.1 Å². The lowest BCUT2D eigenvalue weighted by Crippen LogP contribution is -2.20. The van der Waals surface area contributed by atoms with E-state index in [2.05, 4.69) is 0 Å². The van der Waals surface area contributed by atoms with Crippen LogP contribution in [0.25, 0.3) is 0 Å². The second-order valence-corrected chi connectivity index (χ2v) is 4.98. The van der Waals surface area contributed by atoms with Gasteiger partial charge in [-0.25, -0.2) is 8.78 Å². The molecule has 0 fully saturated rings. The SMILES string of the molecule is CN(C)c1cccc(OCC(N)c2ccc(F)cc2F)c1. The van der Waals surface area contributed by atoms with Crippen LogP contribution in [0.3, 0.4) is 0 Å². The summed E-state index contributed by atoms with van der Waals surface area (Å²) >= 11 is 0. The molecule has 0 saturated heterocycles. The van der Waals surface area contributed by atoms with Crippen LogP contribution in [0.4, 0.5) is 14.5 Å². The number of benzene rings is 2. The average molecular weight is 292 g/mol. The van der Waals surface area contributed by atoms with E-state index >= 15 is 0 Å². The maximum atomic E-state index is 13.6. The number of ether oxygens (including phenoxy) is 1. The third-order valence-electron chi connectivity index (χ3n) is 3.13. The molecule has 3 nitrogen and oxygen atoms in total. The fraction of sp³-hybridized carbons (Fsp3) is 0.250. The molecule has 0 aliphatic carbocycles. The largest absolute Gasteiger partial charge is 0.492 e. The molecule has 0 aromatic heterocycles. The monoisotopic (exact) mass is 292 g/mol. The lowest BCUT2D eigenvalue weighted by Gasteiger charge is -2.17. The molecule has 5 heteroatoms. The predicted molar refractivity (Wildman–Crippen MR) is 79.6 cm³/mol. The van der Waals surface area contributed by atoms with Crippen molar-refractivity contribution in [1.82, 2.24) is 0 Å². The first-order valence-electron chi connectivity index (χ1n) is 6.58. The van der Waals surface area contributed by atoms with E-state index in [1.165, 1.54) is 12.1 Å². The van der Waals surface area contributed by atoms with Crippen LogP contribution in [-0.2, 0) is 0 Å². The minimum atomic E-state index is -0.659. The summed E-state index contributed by atoms with van der Waals surface area (Å²) < 4.78 is 32.1. The van der Waals surface area contributed by atoms with Gasteiger partial charge in [-0.05, 0) is 18.2 Å². The van der Waals surface area contributed by atoms with Crippen LogP contribution in [0.5, 0.6) is 5.75 Å². The van der Waals surface area contributed by atoms with Gasteiger partial charge >= 0.3 is 0 Å². The third kappa shape index (κ3) is 3.92. The zero-order valence-electron chi connectivity index (χ0n) is 12.0. The summed E-state index contributed by atoms with van der Waals surface area (Å²) in [5.74, 6) is -0.629. The maximum absolute atomic E-state index is 13.6. The molecule has 2 aromatic carbocycles. The molecule has 2 rings (SSSR count). The van der Waals surface area contributed by atoms with E-state index in [1.54, 1.807) is 6.07 Å². The van der Waals surface area contributed by atoms with E-state index < -0.39 is 17.7 Å². The molecule has 2 N–H and O–H groups in total. The minimum Gasteiger partial charge on any atom is -0.492 e. The van der Waals surface area contributed by atoms with Gasteiger partial charge in [0.2, 0.25) is 0 Å². The Morgan fingerprint density at radius 3 is 2.57 bits per heavy atom. The Hall–Kier alpha value is -2.14. The first-order chi connectivity index (χ1) is 9.97. The number of nitrogens with zero attached hydrogens (tertiary/aromatic N) is 1. The van der Waals surface area contributed by atoms with E-state index in [1.807, 2.05) is 37.2 Å². The van der Waals surface area contributed by atoms with Gasteiger partial charge in [-0.3, -0.25) is 0 Å². The van der Waals surface area contributed by atoms with Crippen molar-refractivity contribution in [2.24, 2.45) is 5.73 Å². The third-order valence-corrected chi connectivity index (χ3v) is 3.13. The van der Waals surface area contributed by atoms with Crippen molar-refractivity contribution in [2.75, 3.05) is 25.6 Å². The molecule has 0 radical (unpaired) electrons. The Kier molecular flexibility index (Phi) is 4.75. The van der Waals surface area contributed by atoms with Crippen molar-refractivity contribution in [3.8, 4) is 5.75 Å². The Bertz CT molecular complexity index is 617. The molecule has 0 aliphatic heterocycles. The normalized spacial score (nSPS) is 12.0. The molecule has 0 spiro atoms. The van der Waals surface area contributed by atoms with Crippen LogP contribution in [0, 0.1) is 11.6 Å². The van der Waals surface area contributed by atoms with Crippen LogP contribution < -0.4 is 15.4 Å². The van der Waals surface area contributed by atoms with Gasteiger partial charge in [-0.2, -0.15) is 0 Å². The highest BCUT2D eigenvalue weighted by Crippen LogP contribution is 2.21. The topological polar surface area (TPSA) is 38.5 Å². The molecule has 0 aliphatic rings. The fourth-order valence-electron chi connectivity index (χ4n) is 1.93. The maximum Gasteiger partial charge on any atom is 0.131 e. The molecule has 0 bridgehead atoms. The van der Waals surface area contributed by atoms with Gasteiger partial charge in [-0.15, -0.1) is 0 Å². The molecule has 2 aromatic rings. The molecular formula is C16H18F2N2O. The highest BCUT2D eigenvalue weighted by Gasteiger charge is 2.13. The van der Waals surface area contributed by atoms with E-state index in [-0.39, 0.29) is 12.2 Å². The molecular weight excluding hydrogens is 274 g/mol. The van der Waals surface area contributed by atoms with Gasteiger partial charge in [0, 0.05) is 37.5 Å². The average Bonchev–Trinajstić information content (AvgIpc) is 2.45. The molecule has 1 atom stereocenters. The molecule has 0 saturated carbocycles. The quantitative estimate of drug-likeness (QED) is 0.920. The first kappa shape index (κ1) is 15.3. The van der Waals surface area contributed by atoms with Crippen LogP contribution in [-0.4, -0.2) is 20.7 Å². The summed E-state index contributed by atoms with van der Waals surface area (Å²) in [6, 6.07) is 10.2. The second kappa shape index (κ2) is 6.54. The lowest BCUT2D eigenvalue weighted by atomic mass is 10.1. The Morgan fingerprint density at radius 2 is 1.90 bits per heavy atom. The van der Waals surface area contributed by atoms with Crippen molar-refractivity contribution in [1.29, 1.82) is 0 Å². The first-order valence-corrected chi connectivity index (χ1v) is 6.58. The molecule has 0 amide bonds. The second-order valence-electron chi connectivity index (χ2n) is 4.98. The standard InChI is InChI=1S/C16H18F2N2O/c1-20(2)12-4-3-5-13(9-12)21-10-16(19)14-7-6-11(17)8-15(14)18/h3-9,16H,10,19H2,1-2H3. The Labute approximate surface area is 122 Å². The predicted octanol–water partition coefficient (Wildman–Crippen LogP) is 3.11. The molecule has 112 valence electrons. The van der Waals surface area contributed by atoms with Crippen LogP contribution >= 0.6 is 0 Å². The van der Waals surface area contributed by atoms with E-state index in [0.717, 1.165) is 11.8 Å². The molecule has 21 heavy (non-hydrogen) atoms. The van der Waals surface area contributed by atoms with Crippen LogP contribution in [0.2, 0.25) is 0 Å². The fourth-order valence-corrected chi connectivity index (χ4v) is 1.93. The molecule has 0 heterocycles. The summed E-state index contributed by atoms with van der Waals surface area (Å²) in [7, 11) is 3.86. The summed E-state index contributed by atoms with van der Waals surface area (Å²) in [6.07, 6.45) is 0. The van der Waals surface area contributed by atoms with E-state index in [4.69, 9.17) is 10.5 Å². The lowest BCUT2D eigenvalue weighted by molar-refractivity contribution is 0.287. The Morgan fingerprint density at radius 1 is 1.14 bits per heavy atom. The number of halogens is 2. The van der Waals surface area contributed by atoms with Gasteiger partial charge < -0.3 is 15.4 Å². The van der Waals surface area contributed by atoms with Crippen LogP contribution in [0.15, 0.2) is 42.5 Å². The van der Waals surface area contributed by atoms with E-state index in [9.17, 15) is 8.78 Å². The summed E-state index contributed by atoms with van der Waals surface area (Å²) in [5, 5.41) is 0. The zero-order valence-corrected chi connectivity index (χ0v) is 12.0. The number of hydrogen-bond donors (Lipinski definition) is 1. The smallest absolute Gasteiger partial charge is 0.131 e. The highest BCUT2D eigenvalue weighted by atomic mass is 19.1. The highest BCUT2D eigenvalue weighted by molar-refractivity contribution is 5.49. The summed E-state index contributed by atoms with van der Waals surface area (Å²) in [6.45, 7) is 0.111. The van der Waals surface area contributed by atoms with Crippen molar-refractivity contribution >= 4 is 5.69 Å². The summed E-state index contributed by atoms with van der Waals surface area (Å²) in [4.78, 5) is 1.95. The number of hydrogen-bond acceptors (Lipinski definition) is 3. The van der Waals surface area contributed by atoms with Crippen LogP contribution in [0.1, 0.15) is 11.6 Å². The molecule has 1 unspecified atom stereocenters. The van der Waals surface area contributed by atoms with Gasteiger partial charge in [0.05, 0.1) is 6.04 Å². The minimum absolute atomic E-state index is 0.111. The van der Waals surface area contributed by atoms with Gasteiger partial charge in [0.25, 0.3) is 0 Å². The van der Waals surface area contributed by atoms with Crippen molar-refractivity contribution in [2.45, 2.75) is 6.04 Å². The van der Waals surface area contributed by atoms with Gasteiger partial charge in [0.15, 0.2) is 0 Å². The van der Waals surface area contributed by atoms with Gasteiger partial charge in [0.1, 0.15) is 24.0 Å². The Balaban J connectivity index is 2.03. The van der Waals surface area contributed by atoms with Crippen molar-refractivity contribution < 1.29 is 13.5 Å². The number of anilines is 1. The number of nitrogens with two attached hydrogens (primary N) is 1.